The molecular weight excluding hydrogens is 455 g/mol. The number of hydrogen-bond acceptors (Lipinski definition) is 4. The summed E-state index contributed by atoms with van der Waals surface area (Å²) in [4.78, 5) is 8.87. The Balaban J connectivity index is 0.00000261. The molecule has 0 radical (unpaired) electrons. The molecule has 150 valence electrons. The summed E-state index contributed by atoms with van der Waals surface area (Å²) >= 11 is 0. The molecule has 0 amide bonds. The molecule has 0 bridgehead atoms. The molecule has 1 unspecified atom stereocenters. The molecule has 2 aromatic heterocycles. The quantitative estimate of drug-likeness (QED) is 0.382. The van der Waals surface area contributed by atoms with Crippen molar-refractivity contribution in [3.63, 3.8) is 0 Å². The minimum atomic E-state index is 0. The first-order valence-electron chi connectivity index (χ1n) is 9.46. The highest BCUT2D eigenvalue weighted by Crippen LogP contribution is 2.16. The van der Waals surface area contributed by atoms with Gasteiger partial charge in [0.15, 0.2) is 5.96 Å². The van der Waals surface area contributed by atoms with Crippen molar-refractivity contribution in [3.8, 4) is 0 Å². The Morgan fingerprint density at radius 3 is 2.70 bits per heavy atom. The Morgan fingerprint density at radius 2 is 2.04 bits per heavy atom. The smallest absolute Gasteiger partial charge is 0.191 e. The SMILES string of the molecule is CCc1nn(C)c(CC)c1CNC(=NC)NC1CCc2nc(C)nn2C1.I. The number of aromatic nitrogens is 5. The van der Waals surface area contributed by atoms with Gasteiger partial charge < -0.3 is 10.6 Å². The van der Waals surface area contributed by atoms with Gasteiger partial charge in [0.1, 0.15) is 11.6 Å². The van der Waals surface area contributed by atoms with E-state index in [1.807, 2.05) is 30.4 Å². The normalized spacial score (nSPS) is 16.6. The van der Waals surface area contributed by atoms with Crippen molar-refractivity contribution in [1.29, 1.82) is 0 Å². The van der Waals surface area contributed by atoms with Crippen LogP contribution >= 0.6 is 24.0 Å². The topological polar surface area (TPSA) is 84.9 Å². The Bertz CT molecular complexity index is 792. The standard InChI is InChI=1S/C18H30N8.HI/c1-6-15-14(16(7-2)25(5)24-15)10-20-18(19-4)22-13-8-9-17-21-12(3)23-26(17)11-13;/h13H,6-11H2,1-5H3,(H2,19,20,22);1H. The number of halogens is 1. The minimum Gasteiger partial charge on any atom is -0.352 e. The Labute approximate surface area is 178 Å². The van der Waals surface area contributed by atoms with Crippen LogP contribution in [0, 0.1) is 6.92 Å². The van der Waals surface area contributed by atoms with Gasteiger partial charge in [-0.15, -0.1) is 24.0 Å². The fourth-order valence-corrected chi connectivity index (χ4v) is 3.71. The second-order valence-corrected chi connectivity index (χ2v) is 6.77. The number of nitrogens with zero attached hydrogens (tertiary/aromatic N) is 6. The molecule has 0 spiro atoms. The molecule has 3 heterocycles. The van der Waals surface area contributed by atoms with Crippen molar-refractivity contribution in [1.82, 2.24) is 35.2 Å². The maximum atomic E-state index is 4.64. The Morgan fingerprint density at radius 1 is 1.26 bits per heavy atom. The molecule has 9 heteroatoms. The number of fused-ring (bicyclic) bond motifs is 1. The molecule has 2 N–H and O–H groups in total. The number of nitrogens with one attached hydrogen (secondary N) is 2. The largest absolute Gasteiger partial charge is 0.352 e. The van der Waals surface area contributed by atoms with Crippen molar-refractivity contribution in [2.75, 3.05) is 7.05 Å². The van der Waals surface area contributed by atoms with Crippen LogP contribution in [-0.2, 0) is 39.4 Å². The van der Waals surface area contributed by atoms with Gasteiger partial charge in [-0.3, -0.25) is 9.67 Å². The van der Waals surface area contributed by atoms with Crippen LogP contribution in [0.15, 0.2) is 4.99 Å². The van der Waals surface area contributed by atoms with E-state index in [4.69, 9.17) is 0 Å². The lowest BCUT2D eigenvalue weighted by Crippen LogP contribution is -2.46. The number of guanidine groups is 1. The molecule has 2 aromatic rings. The maximum Gasteiger partial charge on any atom is 0.191 e. The molecule has 8 nitrogen and oxygen atoms in total. The second kappa shape index (κ2) is 9.52. The van der Waals surface area contributed by atoms with Crippen molar-refractivity contribution in [2.24, 2.45) is 12.0 Å². The van der Waals surface area contributed by atoms with Gasteiger partial charge in [-0.25, -0.2) is 9.67 Å². The molecule has 1 aliphatic heterocycles. The lowest BCUT2D eigenvalue weighted by molar-refractivity contribution is 0.392. The van der Waals surface area contributed by atoms with Gasteiger partial charge in [0.25, 0.3) is 0 Å². The van der Waals surface area contributed by atoms with E-state index in [2.05, 4.69) is 44.7 Å². The first kappa shape index (κ1) is 21.6. The van der Waals surface area contributed by atoms with E-state index in [0.717, 1.165) is 62.1 Å². The fraction of sp³-hybridized carbons (Fsp3) is 0.667. The molecule has 27 heavy (non-hydrogen) atoms. The molecular formula is C18H31IN8. The van der Waals surface area contributed by atoms with E-state index < -0.39 is 0 Å². The number of aliphatic imine (C=N–C) groups is 1. The minimum absolute atomic E-state index is 0. The molecule has 0 aromatic carbocycles. The first-order chi connectivity index (χ1) is 12.5. The summed E-state index contributed by atoms with van der Waals surface area (Å²) in [6, 6.07) is 0.306. The summed E-state index contributed by atoms with van der Waals surface area (Å²) in [7, 11) is 3.84. The summed E-state index contributed by atoms with van der Waals surface area (Å²) in [6.07, 6.45) is 3.89. The van der Waals surface area contributed by atoms with Gasteiger partial charge in [-0.05, 0) is 26.2 Å². The molecule has 3 rings (SSSR count). The fourth-order valence-electron chi connectivity index (χ4n) is 3.71. The van der Waals surface area contributed by atoms with E-state index in [1.165, 1.54) is 11.3 Å². The van der Waals surface area contributed by atoms with E-state index >= 15 is 0 Å². The molecule has 0 aliphatic carbocycles. The summed E-state index contributed by atoms with van der Waals surface area (Å²) in [5.74, 6) is 2.75. The predicted octanol–water partition coefficient (Wildman–Crippen LogP) is 1.74. The number of aryl methyl sites for hydroxylation is 4. The summed E-state index contributed by atoms with van der Waals surface area (Å²) < 4.78 is 4.01. The van der Waals surface area contributed by atoms with Gasteiger partial charge in [0.05, 0.1) is 12.2 Å². The molecule has 0 saturated carbocycles. The molecule has 1 atom stereocenters. The zero-order valence-corrected chi connectivity index (χ0v) is 19.2. The highest BCUT2D eigenvalue weighted by Gasteiger charge is 2.22. The van der Waals surface area contributed by atoms with Gasteiger partial charge in [0, 0.05) is 44.4 Å². The third kappa shape index (κ3) is 4.80. The molecule has 0 fully saturated rings. The van der Waals surface area contributed by atoms with Crippen molar-refractivity contribution in [3.05, 3.63) is 28.6 Å². The summed E-state index contributed by atoms with van der Waals surface area (Å²) in [5, 5.41) is 16.1. The third-order valence-corrected chi connectivity index (χ3v) is 4.99. The zero-order chi connectivity index (χ0) is 18.7. The maximum absolute atomic E-state index is 4.64. The van der Waals surface area contributed by atoms with Gasteiger partial charge in [-0.1, -0.05) is 13.8 Å². The van der Waals surface area contributed by atoms with E-state index in [0.29, 0.717) is 6.04 Å². The highest BCUT2D eigenvalue weighted by molar-refractivity contribution is 14.0. The van der Waals surface area contributed by atoms with Crippen LogP contribution in [0.1, 0.15) is 48.9 Å². The Hall–Kier alpha value is -1.65. The third-order valence-electron chi connectivity index (χ3n) is 4.99. The van der Waals surface area contributed by atoms with Crippen molar-refractivity contribution < 1.29 is 0 Å². The number of hydrogen-bond donors (Lipinski definition) is 2. The lowest BCUT2D eigenvalue weighted by Gasteiger charge is -2.25. The average molecular weight is 486 g/mol. The van der Waals surface area contributed by atoms with Crippen LogP contribution in [-0.4, -0.2) is 43.6 Å². The first-order valence-corrected chi connectivity index (χ1v) is 9.46. The van der Waals surface area contributed by atoms with Gasteiger partial charge >= 0.3 is 0 Å². The van der Waals surface area contributed by atoms with Crippen molar-refractivity contribution >= 4 is 29.9 Å². The van der Waals surface area contributed by atoms with Crippen LogP contribution in [0.4, 0.5) is 0 Å². The van der Waals surface area contributed by atoms with Crippen LogP contribution in [0.25, 0.3) is 0 Å². The lowest BCUT2D eigenvalue weighted by atomic mass is 10.1. The van der Waals surface area contributed by atoms with E-state index in [9.17, 15) is 0 Å². The van der Waals surface area contributed by atoms with Crippen LogP contribution in [0.5, 0.6) is 0 Å². The number of rotatable bonds is 5. The van der Waals surface area contributed by atoms with E-state index in [1.54, 1.807) is 0 Å². The second-order valence-electron chi connectivity index (χ2n) is 6.77. The molecule has 0 saturated heterocycles. The molecule has 1 aliphatic rings. The average Bonchev–Trinajstić information content (AvgIpc) is 3.15. The van der Waals surface area contributed by atoms with Crippen LogP contribution in [0.2, 0.25) is 0 Å². The summed E-state index contributed by atoms with van der Waals surface area (Å²) in [6.45, 7) is 7.83. The predicted molar refractivity (Wildman–Crippen MR) is 118 cm³/mol. The van der Waals surface area contributed by atoms with Crippen LogP contribution in [0.3, 0.4) is 0 Å². The zero-order valence-electron chi connectivity index (χ0n) is 16.9. The van der Waals surface area contributed by atoms with E-state index in [-0.39, 0.29) is 24.0 Å². The monoisotopic (exact) mass is 486 g/mol. The summed E-state index contributed by atoms with van der Waals surface area (Å²) in [5.41, 5.74) is 3.73. The van der Waals surface area contributed by atoms with Gasteiger partial charge in [0.2, 0.25) is 0 Å². The van der Waals surface area contributed by atoms with Crippen LogP contribution < -0.4 is 10.6 Å². The Kier molecular flexibility index (Phi) is 7.63. The van der Waals surface area contributed by atoms with Crippen molar-refractivity contribution in [2.45, 2.75) is 65.6 Å². The highest BCUT2D eigenvalue weighted by atomic mass is 127. The van der Waals surface area contributed by atoms with Gasteiger partial charge in [-0.2, -0.15) is 10.2 Å².